The van der Waals surface area contributed by atoms with Crippen LogP contribution in [0.1, 0.15) is 22.8 Å². The zero-order chi connectivity index (χ0) is 8.55. The Morgan fingerprint density at radius 1 is 1.46 bits per heavy atom. The van der Waals surface area contributed by atoms with E-state index in [1.54, 1.807) is 6.92 Å². The van der Waals surface area contributed by atoms with Gasteiger partial charge in [-0.1, -0.05) is 12.1 Å². The largest absolute Gasteiger partial charge is 1.00 e. The molecule has 70 valence electrons. The van der Waals surface area contributed by atoms with Gasteiger partial charge in [0.2, 0.25) is 0 Å². The van der Waals surface area contributed by atoms with Crippen molar-refractivity contribution in [1.29, 1.82) is 0 Å². The highest BCUT2D eigenvalue weighted by Crippen LogP contribution is 2.19. The van der Waals surface area contributed by atoms with Crippen LogP contribution in [-0.4, -0.2) is 12.3 Å². The van der Waals surface area contributed by atoms with Crippen molar-refractivity contribution in [2.45, 2.75) is 13.3 Å². The first-order valence-electron chi connectivity index (χ1n) is 4.25. The molecule has 0 aromatic heterocycles. The molecule has 0 saturated carbocycles. The average Bonchev–Trinajstić information content (AvgIpc) is 2.49. The Morgan fingerprint density at radius 3 is 2.92 bits per heavy atom. The molecule has 0 aliphatic carbocycles. The van der Waals surface area contributed by atoms with Crippen LogP contribution in [0.4, 0.5) is 5.69 Å². The molecule has 1 aliphatic heterocycles. The van der Waals surface area contributed by atoms with E-state index in [4.69, 9.17) is 0 Å². The summed E-state index contributed by atoms with van der Waals surface area (Å²) in [6, 6.07) is 5.95. The molecule has 2 nitrogen and oxygen atoms in total. The normalized spacial score (nSPS) is 13.3. The van der Waals surface area contributed by atoms with E-state index in [1.165, 1.54) is 11.3 Å². The van der Waals surface area contributed by atoms with Crippen LogP contribution in [0.2, 0.25) is 0 Å². The van der Waals surface area contributed by atoms with Gasteiger partial charge in [0.25, 0.3) is 0 Å². The van der Waals surface area contributed by atoms with Crippen LogP contribution < -0.4 is 29.3 Å². The lowest BCUT2D eigenvalue weighted by Crippen LogP contribution is -3.00. The van der Waals surface area contributed by atoms with Crippen molar-refractivity contribution < 1.29 is 34.1 Å². The molecule has 0 spiro atoms. The summed E-state index contributed by atoms with van der Waals surface area (Å²) in [5.41, 5.74) is 3.40. The first-order valence-corrected chi connectivity index (χ1v) is 4.25. The third kappa shape index (κ3) is 1.91. The molecule has 13 heavy (non-hydrogen) atoms. The fourth-order valence-corrected chi connectivity index (χ4v) is 1.78. The Hall–Kier alpha value is -0.420. The number of quaternary nitrogens is 1. The lowest BCUT2D eigenvalue weighted by molar-refractivity contribution is -0.561. The predicted octanol–water partition coefficient (Wildman–Crippen LogP) is -2.36. The molecule has 2 rings (SSSR count). The number of hydrogen-bond acceptors (Lipinski definition) is 1. The minimum atomic E-state index is 0. The van der Waals surface area contributed by atoms with Crippen LogP contribution in [0.3, 0.4) is 0 Å². The fraction of sp³-hybridized carbons (Fsp3) is 0.300. The first-order chi connectivity index (χ1) is 5.79. The molecule has 0 atom stereocenters. The minimum absolute atomic E-state index is 0. The first kappa shape index (κ1) is 10.7. The minimum Gasteiger partial charge on any atom is -1.00 e. The Morgan fingerprint density at radius 2 is 2.23 bits per heavy atom. The summed E-state index contributed by atoms with van der Waals surface area (Å²) < 4.78 is 0. The van der Waals surface area contributed by atoms with Crippen LogP contribution in [-0.2, 0) is 6.42 Å². The number of carbonyl (C=O) groups is 1. The molecule has 0 bridgehead atoms. The third-order valence-electron chi connectivity index (χ3n) is 2.35. The molecule has 3 heteroatoms. The number of halogens is 1. The van der Waals surface area contributed by atoms with Crippen LogP contribution in [0.15, 0.2) is 18.2 Å². The van der Waals surface area contributed by atoms with Crippen LogP contribution in [0.5, 0.6) is 0 Å². The molecule has 1 aromatic rings. The van der Waals surface area contributed by atoms with Gasteiger partial charge in [-0.25, -0.2) is 0 Å². The molecule has 1 heterocycles. The number of Topliss-reactive ketones (excluding diaryl/α,β-unsaturated/α-hetero) is 1. The van der Waals surface area contributed by atoms with E-state index in [0.29, 0.717) is 0 Å². The van der Waals surface area contributed by atoms with Crippen LogP contribution >= 0.6 is 0 Å². The molecule has 0 radical (unpaired) electrons. The van der Waals surface area contributed by atoms with Gasteiger partial charge >= 0.3 is 0 Å². The maximum atomic E-state index is 11.2. The SMILES string of the molecule is CC(=O)c1cccc2c1CC[NH2+]2.[I-]. The fourth-order valence-electron chi connectivity index (χ4n) is 1.78. The second-order valence-corrected chi connectivity index (χ2v) is 3.17. The van der Waals surface area contributed by atoms with Crippen molar-refractivity contribution in [2.24, 2.45) is 0 Å². The Bertz CT molecular complexity index is 336. The number of benzene rings is 1. The van der Waals surface area contributed by atoms with Gasteiger partial charge in [0.1, 0.15) is 5.69 Å². The van der Waals surface area contributed by atoms with Gasteiger partial charge in [-0.05, 0) is 13.0 Å². The average molecular weight is 289 g/mol. The van der Waals surface area contributed by atoms with Crippen molar-refractivity contribution in [3.63, 3.8) is 0 Å². The van der Waals surface area contributed by atoms with E-state index in [2.05, 4.69) is 11.4 Å². The van der Waals surface area contributed by atoms with E-state index in [1.807, 2.05) is 12.1 Å². The Balaban J connectivity index is 0.000000845. The van der Waals surface area contributed by atoms with Crippen molar-refractivity contribution in [1.82, 2.24) is 0 Å². The molecular weight excluding hydrogens is 277 g/mol. The van der Waals surface area contributed by atoms with Gasteiger partial charge < -0.3 is 29.3 Å². The molecule has 1 aliphatic rings. The smallest absolute Gasteiger partial charge is 0.160 e. The molecule has 1 aromatic carbocycles. The lowest BCUT2D eigenvalue weighted by atomic mass is 10.0. The van der Waals surface area contributed by atoms with E-state index in [0.717, 1.165) is 18.5 Å². The Kier molecular flexibility index (Phi) is 3.44. The quantitative estimate of drug-likeness (QED) is 0.350. The van der Waals surface area contributed by atoms with Gasteiger partial charge in [-0.15, -0.1) is 0 Å². The van der Waals surface area contributed by atoms with Crippen LogP contribution in [0.25, 0.3) is 0 Å². The zero-order valence-electron chi connectivity index (χ0n) is 7.51. The van der Waals surface area contributed by atoms with Gasteiger partial charge in [0.05, 0.1) is 6.54 Å². The van der Waals surface area contributed by atoms with Crippen molar-refractivity contribution >= 4 is 11.5 Å². The molecule has 2 N–H and O–H groups in total. The van der Waals surface area contributed by atoms with Crippen molar-refractivity contribution in [3.05, 3.63) is 29.3 Å². The van der Waals surface area contributed by atoms with Gasteiger partial charge in [0.15, 0.2) is 5.78 Å². The summed E-state index contributed by atoms with van der Waals surface area (Å²) in [5.74, 6) is 0.183. The second kappa shape index (κ2) is 4.19. The highest BCUT2D eigenvalue weighted by molar-refractivity contribution is 5.96. The summed E-state index contributed by atoms with van der Waals surface area (Å²) >= 11 is 0. The number of ketones is 1. The maximum Gasteiger partial charge on any atom is 0.160 e. The van der Waals surface area contributed by atoms with E-state index in [-0.39, 0.29) is 29.8 Å². The maximum absolute atomic E-state index is 11.2. The topological polar surface area (TPSA) is 33.7 Å². The molecular formula is C10H12INO. The van der Waals surface area contributed by atoms with E-state index >= 15 is 0 Å². The summed E-state index contributed by atoms with van der Waals surface area (Å²) in [5, 5.41) is 2.20. The summed E-state index contributed by atoms with van der Waals surface area (Å²) in [6.07, 6.45) is 1.03. The molecule has 0 fully saturated rings. The van der Waals surface area contributed by atoms with E-state index in [9.17, 15) is 4.79 Å². The lowest BCUT2D eigenvalue weighted by Gasteiger charge is -1.99. The Labute approximate surface area is 94.7 Å². The standard InChI is InChI=1S/C10H11NO.HI/c1-7(12)8-3-2-4-10-9(8)5-6-11-10;/h2-4,11H,5-6H2,1H3;1H. The van der Waals surface area contributed by atoms with E-state index < -0.39 is 0 Å². The van der Waals surface area contributed by atoms with Gasteiger partial charge in [-0.2, -0.15) is 0 Å². The van der Waals surface area contributed by atoms with Gasteiger partial charge in [-0.3, -0.25) is 4.79 Å². The summed E-state index contributed by atoms with van der Waals surface area (Å²) in [7, 11) is 0. The van der Waals surface area contributed by atoms with Crippen LogP contribution in [0, 0.1) is 0 Å². The second-order valence-electron chi connectivity index (χ2n) is 3.17. The van der Waals surface area contributed by atoms with Gasteiger partial charge in [0, 0.05) is 17.5 Å². The number of rotatable bonds is 1. The highest BCUT2D eigenvalue weighted by atomic mass is 127. The molecule has 0 amide bonds. The zero-order valence-corrected chi connectivity index (χ0v) is 9.67. The summed E-state index contributed by atoms with van der Waals surface area (Å²) in [4.78, 5) is 11.2. The number of fused-ring (bicyclic) bond motifs is 1. The third-order valence-corrected chi connectivity index (χ3v) is 2.35. The number of carbonyl (C=O) groups excluding carboxylic acids is 1. The van der Waals surface area contributed by atoms with Crippen molar-refractivity contribution in [2.75, 3.05) is 6.54 Å². The van der Waals surface area contributed by atoms with Crippen molar-refractivity contribution in [3.8, 4) is 0 Å². The highest BCUT2D eigenvalue weighted by Gasteiger charge is 2.19. The number of hydrogen-bond donors (Lipinski definition) is 1. The summed E-state index contributed by atoms with van der Waals surface area (Å²) in [6.45, 7) is 2.72. The molecule has 0 saturated heterocycles. The number of nitrogens with two attached hydrogens (primary N) is 1. The monoisotopic (exact) mass is 289 g/mol. The predicted molar refractivity (Wildman–Crippen MR) is 46.6 cm³/mol. The molecule has 0 unspecified atom stereocenters.